The van der Waals surface area contributed by atoms with Gasteiger partial charge in [-0.25, -0.2) is 8.42 Å². The first-order chi connectivity index (χ1) is 12.1. The number of hydrogen-bond donors (Lipinski definition) is 1. The van der Waals surface area contributed by atoms with Gasteiger partial charge in [-0.1, -0.05) is 38.5 Å². The van der Waals surface area contributed by atoms with Crippen LogP contribution in [0, 0.1) is 0 Å². The largest absolute Gasteiger partial charge is 0.497 e. The third kappa shape index (κ3) is 4.96. The summed E-state index contributed by atoms with van der Waals surface area (Å²) in [5.74, 6) is 0.681. The lowest BCUT2D eigenvalue weighted by atomic mass is 10.00. The van der Waals surface area contributed by atoms with Gasteiger partial charge < -0.3 is 4.74 Å². The van der Waals surface area contributed by atoms with Crippen LogP contribution in [-0.2, 0) is 10.0 Å². The highest BCUT2D eigenvalue weighted by Crippen LogP contribution is 2.53. The smallest absolute Gasteiger partial charge is 0.243 e. The maximum Gasteiger partial charge on any atom is 0.243 e. The highest BCUT2D eigenvalue weighted by Gasteiger charge is 2.34. The van der Waals surface area contributed by atoms with Crippen LogP contribution in [0.5, 0.6) is 5.75 Å². The topological polar surface area (TPSA) is 55.4 Å². The van der Waals surface area contributed by atoms with Gasteiger partial charge in [0.25, 0.3) is 0 Å². The highest BCUT2D eigenvalue weighted by molar-refractivity contribution is 7.95. The fraction of sp³-hybridized carbons (Fsp3) is 0.684. The Labute approximate surface area is 153 Å². The van der Waals surface area contributed by atoms with Crippen molar-refractivity contribution in [3.63, 3.8) is 0 Å². The number of benzene rings is 1. The molecule has 1 aromatic rings. The van der Waals surface area contributed by atoms with Crippen molar-refractivity contribution in [3.8, 4) is 5.75 Å². The Hall–Kier alpha value is -0.640. The predicted molar refractivity (Wildman–Crippen MR) is 104 cm³/mol. The molecular formula is C19H30NO3PS. The molecule has 0 unspecified atom stereocenters. The second-order valence-electron chi connectivity index (χ2n) is 7.26. The molecule has 25 heavy (non-hydrogen) atoms. The monoisotopic (exact) mass is 383 g/mol. The van der Waals surface area contributed by atoms with Gasteiger partial charge in [0.1, 0.15) is 5.75 Å². The zero-order chi connectivity index (χ0) is 17.7. The summed E-state index contributed by atoms with van der Waals surface area (Å²) in [5.41, 5.74) is 1.11. The molecule has 4 nitrogen and oxygen atoms in total. The second kappa shape index (κ2) is 8.83. The maximum absolute atomic E-state index is 13.0. The van der Waals surface area contributed by atoms with Gasteiger partial charge >= 0.3 is 0 Å². The lowest BCUT2D eigenvalue weighted by Crippen LogP contribution is -2.31. The van der Waals surface area contributed by atoms with Gasteiger partial charge in [-0.15, -0.1) is 0 Å². The van der Waals surface area contributed by atoms with E-state index in [0.29, 0.717) is 22.0 Å². The van der Waals surface area contributed by atoms with Crippen LogP contribution in [0.25, 0.3) is 0 Å². The Bertz CT molecular complexity index is 617. The standard InChI is InChI=1S/C19H30NO3PS/c1-23-16-12-14-19(15-13-16)25(21,22)20-24(17-8-4-2-5-9-17)18-10-6-3-7-11-18/h12-15,17-18,20H,2-11H2,1H3. The van der Waals surface area contributed by atoms with Crippen molar-refractivity contribution in [1.82, 2.24) is 4.49 Å². The summed E-state index contributed by atoms with van der Waals surface area (Å²) >= 11 is 0. The van der Waals surface area contributed by atoms with Gasteiger partial charge in [0, 0.05) is 0 Å². The molecule has 0 amide bonds. The van der Waals surface area contributed by atoms with Crippen molar-refractivity contribution in [2.75, 3.05) is 7.11 Å². The SMILES string of the molecule is COc1ccc(S(=O)(=O)NP(C2CCCCC2)C2CCCCC2)cc1. The van der Waals surface area contributed by atoms with Gasteiger partial charge in [0.05, 0.1) is 12.0 Å². The summed E-state index contributed by atoms with van der Waals surface area (Å²) in [6.07, 6.45) is 12.4. The van der Waals surface area contributed by atoms with E-state index in [1.165, 1.54) is 64.2 Å². The quantitative estimate of drug-likeness (QED) is 0.701. The Morgan fingerprint density at radius 1 is 0.880 bits per heavy atom. The van der Waals surface area contributed by atoms with Crippen LogP contribution in [-0.4, -0.2) is 26.8 Å². The molecule has 2 aliphatic carbocycles. The van der Waals surface area contributed by atoms with Crippen molar-refractivity contribution < 1.29 is 13.2 Å². The molecule has 140 valence electrons. The lowest BCUT2D eigenvalue weighted by molar-refractivity contribution is 0.414. The molecular weight excluding hydrogens is 353 g/mol. The number of rotatable bonds is 6. The van der Waals surface area contributed by atoms with Gasteiger partial charge in [0.15, 0.2) is 0 Å². The number of ether oxygens (including phenoxy) is 1. The van der Waals surface area contributed by atoms with Crippen LogP contribution in [0.15, 0.2) is 29.2 Å². The van der Waals surface area contributed by atoms with Gasteiger partial charge in [-0.2, -0.15) is 4.49 Å². The Morgan fingerprint density at radius 2 is 1.36 bits per heavy atom. The Morgan fingerprint density at radius 3 is 1.80 bits per heavy atom. The minimum Gasteiger partial charge on any atom is -0.497 e. The molecule has 1 N–H and O–H groups in total. The Balaban J connectivity index is 1.79. The van der Waals surface area contributed by atoms with Crippen LogP contribution < -0.4 is 9.23 Å². The second-order valence-corrected chi connectivity index (χ2v) is 11.7. The molecule has 0 bridgehead atoms. The molecule has 0 atom stereocenters. The Kier molecular flexibility index (Phi) is 6.76. The van der Waals surface area contributed by atoms with Crippen LogP contribution in [0.4, 0.5) is 0 Å². The van der Waals surface area contributed by atoms with Crippen LogP contribution in [0.3, 0.4) is 0 Å². The summed E-state index contributed by atoms with van der Waals surface area (Å²) in [7, 11) is -2.56. The van der Waals surface area contributed by atoms with E-state index in [0.717, 1.165) is 0 Å². The minimum atomic E-state index is -3.46. The first kappa shape index (κ1) is 19.1. The fourth-order valence-electron chi connectivity index (χ4n) is 4.11. The number of methoxy groups -OCH3 is 1. The summed E-state index contributed by atoms with van der Waals surface area (Å²) in [6.45, 7) is 0. The summed E-state index contributed by atoms with van der Waals surface area (Å²) in [6, 6.07) is 6.74. The molecule has 2 aliphatic rings. The fourth-order valence-corrected chi connectivity index (χ4v) is 9.77. The molecule has 2 fully saturated rings. The summed E-state index contributed by atoms with van der Waals surface area (Å²) < 4.78 is 34.3. The third-order valence-corrected chi connectivity index (χ3v) is 10.8. The van der Waals surface area contributed by atoms with E-state index in [4.69, 9.17) is 4.74 Å². The molecule has 6 heteroatoms. The highest BCUT2D eigenvalue weighted by atomic mass is 32.2. The van der Waals surface area contributed by atoms with E-state index in [-0.39, 0.29) is 0 Å². The van der Waals surface area contributed by atoms with E-state index in [1.54, 1.807) is 31.4 Å². The van der Waals surface area contributed by atoms with E-state index in [9.17, 15) is 8.42 Å². The average molecular weight is 383 g/mol. The molecule has 1 aromatic carbocycles. The average Bonchev–Trinajstić information content (AvgIpc) is 2.67. The van der Waals surface area contributed by atoms with Gasteiger partial charge in [0.2, 0.25) is 10.0 Å². The van der Waals surface area contributed by atoms with Crippen molar-refractivity contribution in [2.24, 2.45) is 0 Å². The molecule has 0 heterocycles. The first-order valence-electron chi connectivity index (χ1n) is 9.55. The molecule has 0 spiro atoms. The zero-order valence-corrected chi connectivity index (χ0v) is 16.8. The van der Waals surface area contributed by atoms with E-state index in [1.807, 2.05) is 0 Å². The van der Waals surface area contributed by atoms with Crippen LogP contribution in [0.2, 0.25) is 0 Å². The molecule has 2 saturated carbocycles. The van der Waals surface area contributed by atoms with E-state index in [2.05, 4.69) is 4.49 Å². The van der Waals surface area contributed by atoms with E-state index < -0.39 is 18.1 Å². The van der Waals surface area contributed by atoms with Crippen molar-refractivity contribution in [1.29, 1.82) is 0 Å². The first-order valence-corrected chi connectivity index (χ1v) is 12.5. The van der Waals surface area contributed by atoms with E-state index >= 15 is 0 Å². The molecule has 0 saturated heterocycles. The van der Waals surface area contributed by atoms with Crippen molar-refractivity contribution in [3.05, 3.63) is 24.3 Å². The number of nitrogens with one attached hydrogen (secondary N) is 1. The van der Waals surface area contributed by atoms with Crippen molar-refractivity contribution in [2.45, 2.75) is 80.4 Å². The predicted octanol–water partition coefficient (Wildman–Crippen LogP) is 5.04. The van der Waals surface area contributed by atoms with Crippen LogP contribution >= 0.6 is 8.07 Å². The molecule has 3 rings (SSSR count). The number of hydrogen-bond acceptors (Lipinski definition) is 3. The normalized spacial score (nSPS) is 20.7. The minimum absolute atomic E-state index is 0.354. The lowest BCUT2D eigenvalue weighted by Gasteiger charge is -2.38. The zero-order valence-electron chi connectivity index (χ0n) is 15.1. The maximum atomic E-state index is 13.0. The van der Waals surface area contributed by atoms with Gasteiger partial charge in [-0.3, -0.25) is 0 Å². The van der Waals surface area contributed by atoms with Crippen LogP contribution in [0.1, 0.15) is 64.2 Å². The van der Waals surface area contributed by atoms with Gasteiger partial charge in [-0.05, 0) is 69.3 Å². The third-order valence-electron chi connectivity index (χ3n) is 5.53. The number of sulfonamides is 1. The van der Waals surface area contributed by atoms with Crippen molar-refractivity contribution >= 4 is 18.1 Å². The summed E-state index contributed by atoms with van der Waals surface area (Å²) in [4.78, 5) is 0.354. The summed E-state index contributed by atoms with van der Waals surface area (Å²) in [5, 5.41) is 0. The molecule has 0 aliphatic heterocycles. The molecule has 0 radical (unpaired) electrons. The molecule has 0 aromatic heterocycles.